The van der Waals surface area contributed by atoms with Crippen molar-refractivity contribution in [3.05, 3.63) is 55.6 Å². The number of hydrogen-bond acceptors (Lipinski definition) is 5. The van der Waals surface area contributed by atoms with E-state index in [1.807, 2.05) is 49.1 Å². The number of fused-ring (bicyclic) bond motifs is 1. The van der Waals surface area contributed by atoms with Gasteiger partial charge in [0.1, 0.15) is 6.04 Å². The van der Waals surface area contributed by atoms with Crippen molar-refractivity contribution in [2.75, 3.05) is 24.6 Å². The molecule has 0 aromatic heterocycles. The number of thioether (sulfide) groups is 1. The fourth-order valence-corrected chi connectivity index (χ4v) is 9.25. The number of para-hydroxylation sites is 1. The number of anilines is 1. The second kappa shape index (κ2) is 12.3. The zero-order valence-electron chi connectivity index (χ0n) is 23.5. The third-order valence-electron chi connectivity index (χ3n) is 8.83. The molecule has 3 fully saturated rings. The first-order valence-corrected chi connectivity index (χ1v) is 15.2. The Labute approximate surface area is 237 Å². The molecular formula is C31H43N3O4S. The summed E-state index contributed by atoms with van der Waals surface area (Å²) in [4.78, 5) is 48.4. The molecule has 1 aromatic carbocycles. The van der Waals surface area contributed by atoms with Crippen LogP contribution in [0.25, 0.3) is 0 Å². The summed E-state index contributed by atoms with van der Waals surface area (Å²) in [6.07, 6.45) is 7.23. The summed E-state index contributed by atoms with van der Waals surface area (Å²) in [6.45, 7) is 14.3. The van der Waals surface area contributed by atoms with Crippen molar-refractivity contribution in [2.24, 2.45) is 11.8 Å². The zero-order valence-corrected chi connectivity index (χ0v) is 24.3. The Hall–Kier alpha value is -2.58. The third kappa shape index (κ3) is 4.95. The van der Waals surface area contributed by atoms with Crippen LogP contribution in [0, 0.1) is 11.8 Å². The number of likely N-dealkylation sites (tertiary alicyclic amines) is 1. The number of carbonyl (C=O) groups is 3. The molecule has 0 radical (unpaired) electrons. The predicted molar refractivity (Wildman–Crippen MR) is 157 cm³/mol. The summed E-state index contributed by atoms with van der Waals surface area (Å²) in [7, 11) is 0. The van der Waals surface area contributed by atoms with Crippen molar-refractivity contribution in [3.63, 3.8) is 0 Å². The lowest BCUT2D eigenvalue weighted by Crippen LogP contribution is -2.58. The van der Waals surface area contributed by atoms with Crippen molar-refractivity contribution in [1.29, 1.82) is 0 Å². The Morgan fingerprint density at radius 1 is 1.18 bits per heavy atom. The largest absolute Gasteiger partial charge is 0.394 e. The van der Waals surface area contributed by atoms with Gasteiger partial charge in [0.05, 0.1) is 29.2 Å². The highest BCUT2D eigenvalue weighted by Gasteiger charge is 2.74. The van der Waals surface area contributed by atoms with Gasteiger partial charge in [-0.1, -0.05) is 50.6 Å². The molecule has 7 nitrogen and oxygen atoms in total. The quantitative estimate of drug-likeness (QED) is 0.369. The van der Waals surface area contributed by atoms with E-state index in [2.05, 4.69) is 20.1 Å². The molecule has 3 unspecified atom stereocenters. The van der Waals surface area contributed by atoms with Crippen molar-refractivity contribution in [1.82, 2.24) is 9.80 Å². The number of aliphatic hydroxyl groups excluding tert-OH is 1. The molecule has 4 rings (SSSR count). The molecule has 1 spiro atoms. The first-order valence-electron chi connectivity index (χ1n) is 14.3. The van der Waals surface area contributed by atoms with Crippen LogP contribution in [-0.2, 0) is 14.4 Å². The molecular weight excluding hydrogens is 510 g/mol. The second-order valence-electron chi connectivity index (χ2n) is 11.0. The van der Waals surface area contributed by atoms with Gasteiger partial charge in [-0.15, -0.1) is 24.9 Å². The molecule has 212 valence electrons. The maximum atomic E-state index is 14.5. The van der Waals surface area contributed by atoms with Crippen LogP contribution in [0.5, 0.6) is 0 Å². The first-order chi connectivity index (χ1) is 18.8. The average Bonchev–Trinajstić information content (AvgIpc) is 3.59. The molecule has 3 heterocycles. The van der Waals surface area contributed by atoms with Crippen molar-refractivity contribution in [2.45, 2.75) is 81.0 Å². The van der Waals surface area contributed by atoms with E-state index in [1.165, 1.54) is 0 Å². The Balaban J connectivity index is 1.78. The van der Waals surface area contributed by atoms with Gasteiger partial charge in [0.25, 0.3) is 0 Å². The van der Waals surface area contributed by atoms with Gasteiger partial charge in [0, 0.05) is 30.1 Å². The molecule has 39 heavy (non-hydrogen) atoms. The van der Waals surface area contributed by atoms with Gasteiger partial charge in [-0.2, -0.15) is 0 Å². The van der Waals surface area contributed by atoms with Crippen molar-refractivity contribution in [3.8, 4) is 0 Å². The van der Waals surface area contributed by atoms with Crippen LogP contribution in [0.3, 0.4) is 0 Å². The summed E-state index contributed by atoms with van der Waals surface area (Å²) in [5.74, 6) is -1.49. The zero-order chi connectivity index (χ0) is 28.3. The number of nitrogens with zero attached hydrogens (tertiary/aromatic N) is 3. The number of rotatable bonds is 13. The van der Waals surface area contributed by atoms with Gasteiger partial charge in [-0.25, -0.2) is 0 Å². The Morgan fingerprint density at radius 3 is 2.46 bits per heavy atom. The molecule has 8 heteroatoms. The van der Waals surface area contributed by atoms with E-state index >= 15 is 0 Å². The van der Waals surface area contributed by atoms with Crippen LogP contribution in [0.15, 0.2) is 55.6 Å². The smallest absolute Gasteiger partial charge is 0.247 e. The summed E-state index contributed by atoms with van der Waals surface area (Å²) < 4.78 is -0.691. The summed E-state index contributed by atoms with van der Waals surface area (Å²) in [5, 5.41) is 10.3. The van der Waals surface area contributed by atoms with Crippen LogP contribution in [0.4, 0.5) is 5.69 Å². The SMILES string of the molecule is C=CCN(C(=O)[C@@H]1[C@H]2C(=O)N([C@@H](CC)CO)C(C(=O)N(CC=C)C(C)CCC)C23CC[C@H]1S3)c1ccccc1. The molecule has 2 bridgehead atoms. The van der Waals surface area contributed by atoms with Crippen molar-refractivity contribution >= 4 is 35.2 Å². The summed E-state index contributed by atoms with van der Waals surface area (Å²) >= 11 is 1.67. The number of benzene rings is 1. The highest BCUT2D eigenvalue weighted by Crippen LogP contribution is 2.67. The molecule has 3 aliphatic rings. The minimum Gasteiger partial charge on any atom is -0.394 e. The van der Waals surface area contributed by atoms with Gasteiger partial charge in [0.15, 0.2) is 0 Å². The highest BCUT2D eigenvalue weighted by molar-refractivity contribution is 8.02. The lowest BCUT2D eigenvalue weighted by Gasteiger charge is -2.41. The number of hydrogen-bond donors (Lipinski definition) is 1. The van der Waals surface area contributed by atoms with E-state index in [9.17, 15) is 19.5 Å². The lowest BCUT2D eigenvalue weighted by atomic mass is 9.70. The Kier molecular flexibility index (Phi) is 9.27. The van der Waals surface area contributed by atoms with E-state index in [1.54, 1.807) is 33.7 Å². The molecule has 0 aliphatic carbocycles. The van der Waals surface area contributed by atoms with Crippen molar-refractivity contribution < 1.29 is 19.5 Å². The van der Waals surface area contributed by atoms with E-state index in [-0.39, 0.29) is 35.6 Å². The minimum atomic E-state index is -0.719. The summed E-state index contributed by atoms with van der Waals surface area (Å²) in [5.41, 5.74) is 0.770. The Bertz CT molecular complexity index is 1080. The highest BCUT2D eigenvalue weighted by atomic mass is 32.2. The molecule has 0 saturated carbocycles. The Morgan fingerprint density at radius 2 is 1.87 bits per heavy atom. The van der Waals surface area contributed by atoms with Gasteiger partial charge in [-0.05, 0) is 44.7 Å². The number of amides is 3. The van der Waals surface area contributed by atoms with Gasteiger partial charge in [0.2, 0.25) is 17.7 Å². The maximum absolute atomic E-state index is 14.5. The van der Waals surface area contributed by atoms with Crippen LogP contribution in [0.1, 0.15) is 52.9 Å². The van der Waals surface area contributed by atoms with E-state index < -0.39 is 28.7 Å². The maximum Gasteiger partial charge on any atom is 0.247 e. The van der Waals surface area contributed by atoms with E-state index in [4.69, 9.17) is 0 Å². The minimum absolute atomic E-state index is 0.00991. The second-order valence-corrected chi connectivity index (χ2v) is 12.6. The monoisotopic (exact) mass is 553 g/mol. The number of carbonyl (C=O) groups excluding carboxylic acids is 3. The van der Waals surface area contributed by atoms with E-state index in [0.29, 0.717) is 25.9 Å². The fraction of sp³-hybridized carbons (Fsp3) is 0.581. The van der Waals surface area contributed by atoms with Crippen LogP contribution in [0.2, 0.25) is 0 Å². The molecule has 7 atom stereocenters. The van der Waals surface area contributed by atoms with E-state index in [0.717, 1.165) is 24.9 Å². The number of aliphatic hydroxyl groups is 1. The topological polar surface area (TPSA) is 81.2 Å². The average molecular weight is 554 g/mol. The normalized spacial score (nSPS) is 28.6. The third-order valence-corrected chi connectivity index (χ3v) is 10.8. The molecule has 3 amide bonds. The van der Waals surface area contributed by atoms with Gasteiger partial charge >= 0.3 is 0 Å². The predicted octanol–water partition coefficient (Wildman–Crippen LogP) is 4.27. The van der Waals surface area contributed by atoms with Gasteiger partial charge < -0.3 is 19.8 Å². The molecule has 3 saturated heterocycles. The first kappa shape index (κ1) is 29.4. The van der Waals surface area contributed by atoms with Crippen LogP contribution < -0.4 is 4.90 Å². The molecule has 1 aromatic rings. The van der Waals surface area contributed by atoms with Crippen LogP contribution in [-0.4, -0.2) is 80.4 Å². The fourth-order valence-electron chi connectivity index (χ4n) is 7.06. The van der Waals surface area contributed by atoms with Gasteiger partial charge in [-0.3, -0.25) is 14.4 Å². The van der Waals surface area contributed by atoms with Crippen LogP contribution >= 0.6 is 11.8 Å². The lowest BCUT2D eigenvalue weighted by molar-refractivity contribution is -0.146. The summed E-state index contributed by atoms with van der Waals surface area (Å²) in [6, 6.07) is 8.28. The standard InChI is InChI=1S/C31H43N3O4S/c1-6-13-21(5)32(18-7-2)30(38)27-31-17-16-24(39-31)25(26(31)29(37)34(27)22(9-4)20-35)28(36)33(19-8-3)23-14-11-10-12-15-23/h7-8,10-12,14-15,21-22,24-27,35H,2-3,6,9,13,16-20H2,1,4-5H3/t21?,22-,24+,25-,26-,27?,31?/m0/s1. The molecule has 1 N–H and O–H groups in total. The molecule has 3 aliphatic heterocycles.